The number of ketones is 1. The van der Waals surface area contributed by atoms with Gasteiger partial charge in [-0.3, -0.25) is 4.79 Å². The van der Waals surface area contributed by atoms with Crippen LogP contribution in [0.15, 0.2) is 78.9 Å². The first-order valence-electron chi connectivity index (χ1n) is 8.47. The molecule has 136 valence electrons. The summed E-state index contributed by atoms with van der Waals surface area (Å²) < 4.78 is 16.3. The molecule has 0 saturated carbocycles. The maximum atomic E-state index is 12.6. The standard InChI is InChI=1S/C23H20O4/c1-25-19-12-14-23(26-2)21(16-19)22(24)13-11-17-7-6-10-20(15-17)27-18-8-4-3-5-9-18/h3-16H,1-2H3/b13-11+. The van der Waals surface area contributed by atoms with Gasteiger partial charge in [0.1, 0.15) is 23.0 Å². The van der Waals surface area contributed by atoms with Crippen molar-refractivity contribution in [1.29, 1.82) is 0 Å². The number of para-hydroxylation sites is 1. The van der Waals surface area contributed by atoms with E-state index < -0.39 is 0 Å². The molecule has 0 heterocycles. The van der Waals surface area contributed by atoms with Gasteiger partial charge in [-0.25, -0.2) is 0 Å². The summed E-state index contributed by atoms with van der Waals surface area (Å²) in [5.41, 5.74) is 1.31. The third kappa shape index (κ3) is 4.76. The largest absolute Gasteiger partial charge is 0.497 e. The average Bonchev–Trinajstić information content (AvgIpc) is 2.72. The van der Waals surface area contributed by atoms with Crippen LogP contribution in [-0.2, 0) is 0 Å². The highest BCUT2D eigenvalue weighted by atomic mass is 16.5. The van der Waals surface area contributed by atoms with Crippen LogP contribution in [0.4, 0.5) is 0 Å². The van der Waals surface area contributed by atoms with Crippen LogP contribution in [0.1, 0.15) is 15.9 Å². The van der Waals surface area contributed by atoms with Crippen LogP contribution in [0.3, 0.4) is 0 Å². The Morgan fingerprint density at radius 2 is 1.56 bits per heavy atom. The number of hydrogen-bond acceptors (Lipinski definition) is 4. The Kier molecular flexibility index (Phi) is 5.90. The van der Waals surface area contributed by atoms with E-state index in [9.17, 15) is 4.79 Å². The molecule has 0 N–H and O–H groups in total. The SMILES string of the molecule is COc1ccc(OC)c(C(=O)/C=C/c2cccc(Oc3ccccc3)c2)c1. The number of ether oxygens (including phenoxy) is 3. The summed E-state index contributed by atoms with van der Waals surface area (Å²) >= 11 is 0. The second-order valence-corrected chi connectivity index (χ2v) is 5.75. The van der Waals surface area contributed by atoms with Crippen LogP contribution in [0.2, 0.25) is 0 Å². The van der Waals surface area contributed by atoms with E-state index in [1.54, 1.807) is 31.4 Å². The van der Waals surface area contributed by atoms with Crippen LogP contribution in [0.25, 0.3) is 6.08 Å². The third-order valence-electron chi connectivity index (χ3n) is 3.94. The van der Waals surface area contributed by atoms with Gasteiger partial charge in [-0.05, 0) is 54.1 Å². The van der Waals surface area contributed by atoms with Crippen LogP contribution < -0.4 is 14.2 Å². The van der Waals surface area contributed by atoms with Crippen molar-refractivity contribution in [2.24, 2.45) is 0 Å². The van der Waals surface area contributed by atoms with Crippen LogP contribution in [-0.4, -0.2) is 20.0 Å². The minimum Gasteiger partial charge on any atom is -0.497 e. The van der Waals surface area contributed by atoms with E-state index in [2.05, 4.69) is 0 Å². The molecule has 0 spiro atoms. The van der Waals surface area contributed by atoms with Crippen molar-refractivity contribution in [3.63, 3.8) is 0 Å². The molecular weight excluding hydrogens is 340 g/mol. The van der Waals surface area contributed by atoms with Gasteiger partial charge in [0, 0.05) is 0 Å². The van der Waals surface area contributed by atoms with Crippen molar-refractivity contribution < 1.29 is 19.0 Å². The van der Waals surface area contributed by atoms with Crippen LogP contribution in [0.5, 0.6) is 23.0 Å². The normalized spacial score (nSPS) is 10.6. The molecule has 4 heteroatoms. The molecule has 3 aromatic carbocycles. The summed E-state index contributed by atoms with van der Waals surface area (Å²) in [5.74, 6) is 2.41. The molecule has 0 radical (unpaired) electrons. The number of hydrogen-bond donors (Lipinski definition) is 0. The molecule has 4 nitrogen and oxygen atoms in total. The Balaban J connectivity index is 1.78. The fourth-order valence-electron chi connectivity index (χ4n) is 2.57. The van der Waals surface area contributed by atoms with Crippen molar-refractivity contribution in [2.45, 2.75) is 0 Å². The lowest BCUT2D eigenvalue weighted by molar-refractivity contribution is 0.104. The third-order valence-corrected chi connectivity index (χ3v) is 3.94. The summed E-state index contributed by atoms with van der Waals surface area (Å²) in [7, 11) is 3.09. The maximum absolute atomic E-state index is 12.6. The van der Waals surface area contributed by atoms with Gasteiger partial charge in [-0.1, -0.05) is 36.4 Å². The molecule has 0 saturated heterocycles. The second-order valence-electron chi connectivity index (χ2n) is 5.75. The summed E-state index contributed by atoms with van der Waals surface area (Å²) in [6, 6.07) is 22.2. The number of carbonyl (C=O) groups excluding carboxylic acids is 1. The lowest BCUT2D eigenvalue weighted by Gasteiger charge is -2.08. The van der Waals surface area contributed by atoms with Crippen molar-refractivity contribution in [3.05, 3.63) is 90.0 Å². The van der Waals surface area contributed by atoms with Crippen molar-refractivity contribution >= 4 is 11.9 Å². The van der Waals surface area contributed by atoms with Gasteiger partial charge in [0.15, 0.2) is 5.78 Å². The summed E-state index contributed by atoms with van der Waals surface area (Å²) in [5, 5.41) is 0. The molecular formula is C23H20O4. The lowest BCUT2D eigenvalue weighted by atomic mass is 10.1. The van der Waals surface area contributed by atoms with E-state index in [0.717, 1.165) is 11.3 Å². The Bertz CT molecular complexity index is 946. The van der Waals surface area contributed by atoms with E-state index in [0.29, 0.717) is 22.8 Å². The van der Waals surface area contributed by atoms with E-state index in [4.69, 9.17) is 14.2 Å². The predicted molar refractivity (Wildman–Crippen MR) is 106 cm³/mol. The minimum absolute atomic E-state index is 0.167. The summed E-state index contributed by atoms with van der Waals surface area (Å²) in [6.45, 7) is 0. The topological polar surface area (TPSA) is 44.8 Å². The highest BCUT2D eigenvalue weighted by molar-refractivity contribution is 6.08. The number of benzene rings is 3. The maximum Gasteiger partial charge on any atom is 0.189 e. The van der Waals surface area contributed by atoms with E-state index in [1.807, 2.05) is 54.6 Å². The second kappa shape index (κ2) is 8.72. The zero-order valence-corrected chi connectivity index (χ0v) is 15.2. The van der Waals surface area contributed by atoms with Crippen LogP contribution >= 0.6 is 0 Å². The Labute approximate surface area is 158 Å². The van der Waals surface area contributed by atoms with Gasteiger partial charge in [-0.2, -0.15) is 0 Å². The first-order valence-corrected chi connectivity index (χ1v) is 8.47. The number of allylic oxidation sites excluding steroid dienone is 1. The zero-order valence-electron chi connectivity index (χ0n) is 15.2. The minimum atomic E-state index is -0.167. The van der Waals surface area contributed by atoms with E-state index in [1.165, 1.54) is 13.2 Å². The zero-order chi connectivity index (χ0) is 19.1. The monoisotopic (exact) mass is 360 g/mol. The van der Waals surface area contributed by atoms with Gasteiger partial charge < -0.3 is 14.2 Å². The average molecular weight is 360 g/mol. The van der Waals surface area contributed by atoms with E-state index >= 15 is 0 Å². The molecule has 27 heavy (non-hydrogen) atoms. The molecule has 0 aromatic heterocycles. The van der Waals surface area contributed by atoms with Gasteiger partial charge in [0.05, 0.1) is 19.8 Å². The number of rotatable bonds is 7. The Morgan fingerprint density at radius 3 is 2.30 bits per heavy atom. The number of carbonyl (C=O) groups is 1. The molecule has 0 atom stereocenters. The molecule has 0 aliphatic heterocycles. The molecule has 0 amide bonds. The van der Waals surface area contributed by atoms with Crippen molar-refractivity contribution in [3.8, 4) is 23.0 Å². The quantitative estimate of drug-likeness (QED) is 0.418. The smallest absolute Gasteiger partial charge is 0.189 e. The fraction of sp³-hybridized carbons (Fsp3) is 0.0870. The number of methoxy groups -OCH3 is 2. The van der Waals surface area contributed by atoms with Gasteiger partial charge in [-0.15, -0.1) is 0 Å². The first kappa shape index (κ1) is 18.3. The highest BCUT2D eigenvalue weighted by Crippen LogP contribution is 2.26. The molecule has 0 fully saturated rings. The van der Waals surface area contributed by atoms with Gasteiger partial charge >= 0.3 is 0 Å². The fourth-order valence-corrected chi connectivity index (χ4v) is 2.57. The van der Waals surface area contributed by atoms with Crippen LogP contribution in [0, 0.1) is 0 Å². The van der Waals surface area contributed by atoms with Gasteiger partial charge in [0.25, 0.3) is 0 Å². The van der Waals surface area contributed by atoms with Crippen molar-refractivity contribution in [2.75, 3.05) is 14.2 Å². The molecule has 0 bridgehead atoms. The lowest BCUT2D eigenvalue weighted by Crippen LogP contribution is -1.99. The molecule has 3 aromatic rings. The molecule has 3 rings (SSSR count). The van der Waals surface area contributed by atoms with Crippen molar-refractivity contribution in [1.82, 2.24) is 0 Å². The molecule has 0 unspecified atom stereocenters. The highest BCUT2D eigenvalue weighted by Gasteiger charge is 2.11. The predicted octanol–water partition coefficient (Wildman–Crippen LogP) is 5.39. The molecule has 0 aliphatic rings. The Morgan fingerprint density at radius 1 is 0.778 bits per heavy atom. The summed E-state index contributed by atoms with van der Waals surface area (Å²) in [6.07, 6.45) is 3.26. The first-order chi connectivity index (χ1) is 13.2. The van der Waals surface area contributed by atoms with Gasteiger partial charge in [0.2, 0.25) is 0 Å². The Hall–Kier alpha value is -3.53. The van der Waals surface area contributed by atoms with E-state index in [-0.39, 0.29) is 5.78 Å². The molecule has 0 aliphatic carbocycles. The summed E-state index contributed by atoms with van der Waals surface area (Å²) in [4.78, 5) is 12.6.